The normalized spacial score (nSPS) is 10.6. The van der Waals surface area contributed by atoms with Gasteiger partial charge in [0.05, 0.1) is 0 Å². The monoisotopic (exact) mass is 345 g/mol. The molecule has 0 saturated heterocycles. The molecule has 1 aromatic heterocycles. The van der Waals surface area contributed by atoms with E-state index in [2.05, 4.69) is 36.8 Å². The second kappa shape index (κ2) is 4.03. The number of nitrogens with one attached hydrogen (secondary N) is 1. The number of fused-ring (bicyclic) bond motifs is 1. The SMILES string of the molecule is O=C(O)c1cc2cc(Br)c(Br)cc2[nH]c1=O. The molecule has 0 bridgehead atoms. The van der Waals surface area contributed by atoms with Crippen LogP contribution >= 0.6 is 31.9 Å². The van der Waals surface area contributed by atoms with Crippen molar-refractivity contribution < 1.29 is 9.90 Å². The predicted molar refractivity (Wildman–Crippen MR) is 66.9 cm³/mol. The lowest BCUT2D eigenvalue weighted by atomic mass is 10.1. The number of carbonyl (C=O) groups is 1. The summed E-state index contributed by atoms with van der Waals surface area (Å²) in [5.41, 5.74) is -0.277. The summed E-state index contributed by atoms with van der Waals surface area (Å²) >= 11 is 6.61. The number of hydrogen-bond donors (Lipinski definition) is 2. The Balaban J connectivity index is 2.85. The van der Waals surface area contributed by atoms with E-state index in [1.54, 1.807) is 12.1 Å². The topological polar surface area (TPSA) is 70.2 Å². The van der Waals surface area contributed by atoms with E-state index in [4.69, 9.17) is 5.11 Å². The molecule has 0 spiro atoms. The van der Waals surface area contributed by atoms with E-state index in [-0.39, 0.29) is 5.56 Å². The molecule has 2 rings (SSSR count). The van der Waals surface area contributed by atoms with E-state index in [1.807, 2.05) is 0 Å². The molecule has 0 radical (unpaired) electrons. The summed E-state index contributed by atoms with van der Waals surface area (Å²) in [7, 11) is 0. The molecule has 0 amide bonds. The Morgan fingerprint density at radius 1 is 1.19 bits per heavy atom. The third kappa shape index (κ3) is 1.90. The first-order valence-corrected chi connectivity index (χ1v) is 5.83. The van der Waals surface area contributed by atoms with Crippen LogP contribution in [0, 0.1) is 0 Å². The van der Waals surface area contributed by atoms with Crippen LogP contribution < -0.4 is 5.56 Å². The molecule has 16 heavy (non-hydrogen) atoms. The maximum atomic E-state index is 11.4. The van der Waals surface area contributed by atoms with E-state index < -0.39 is 11.5 Å². The summed E-state index contributed by atoms with van der Waals surface area (Å²) < 4.78 is 1.59. The molecule has 0 aliphatic heterocycles. The molecule has 1 aromatic carbocycles. The molecule has 2 aromatic rings. The van der Waals surface area contributed by atoms with Gasteiger partial charge in [0.1, 0.15) is 5.56 Å². The van der Waals surface area contributed by atoms with E-state index in [0.29, 0.717) is 10.9 Å². The van der Waals surface area contributed by atoms with Gasteiger partial charge in [0.25, 0.3) is 5.56 Å². The number of benzene rings is 1. The second-order valence-corrected chi connectivity index (χ2v) is 4.88. The average molecular weight is 347 g/mol. The number of hydrogen-bond acceptors (Lipinski definition) is 2. The van der Waals surface area contributed by atoms with Gasteiger partial charge < -0.3 is 10.1 Å². The number of H-pyrrole nitrogens is 1. The summed E-state index contributed by atoms with van der Waals surface area (Å²) in [5.74, 6) is -1.23. The zero-order valence-electron chi connectivity index (χ0n) is 7.75. The highest BCUT2D eigenvalue weighted by molar-refractivity contribution is 9.13. The van der Waals surface area contributed by atoms with Gasteiger partial charge in [0, 0.05) is 19.8 Å². The van der Waals surface area contributed by atoms with Gasteiger partial charge in [-0.15, -0.1) is 0 Å². The second-order valence-electron chi connectivity index (χ2n) is 3.17. The zero-order chi connectivity index (χ0) is 11.9. The molecule has 4 nitrogen and oxygen atoms in total. The third-order valence-corrected chi connectivity index (χ3v) is 3.96. The minimum atomic E-state index is -1.23. The summed E-state index contributed by atoms with van der Waals surface area (Å²) in [6.45, 7) is 0. The van der Waals surface area contributed by atoms with Crippen molar-refractivity contribution in [2.24, 2.45) is 0 Å². The molecule has 0 atom stereocenters. The van der Waals surface area contributed by atoms with Crippen LogP contribution in [0.2, 0.25) is 0 Å². The fourth-order valence-corrected chi connectivity index (χ4v) is 2.06. The van der Waals surface area contributed by atoms with Gasteiger partial charge in [0.2, 0.25) is 0 Å². The van der Waals surface area contributed by atoms with Gasteiger partial charge >= 0.3 is 5.97 Å². The van der Waals surface area contributed by atoms with E-state index in [9.17, 15) is 9.59 Å². The van der Waals surface area contributed by atoms with Crippen LogP contribution in [0.3, 0.4) is 0 Å². The summed E-state index contributed by atoms with van der Waals surface area (Å²) in [4.78, 5) is 24.7. The average Bonchev–Trinajstić information content (AvgIpc) is 2.19. The van der Waals surface area contributed by atoms with Crippen LogP contribution in [0.5, 0.6) is 0 Å². The van der Waals surface area contributed by atoms with Gasteiger partial charge in [-0.2, -0.15) is 0 Å². The maximum absolute atomic E-state index is 11.4. The highest BCUT2D eigenvalue weighted by Crippen LogP contribution is 2.27. The number of pyridine rings is 1. The van der Waals surface area contributed by atoms with Gasteiger partial charge in [0.15, 0.2) is 0 Å². The van der Waals surface area contributed by atoms with Crippen LogP contribution in [0.4, 0.5) is 0 Å². The van der Waals surface area contributed by atoms with Gasteiger partial charge in [-0.1, -0.05) is 0 Å². The molecule has 0 aliphatic carbocycles. The van der Waals surface area contributed by atoms with Crippen molar-refractivity contribution in [3.63, 3.8) is 0 Å². The summed E-state index contributed by atoms with van der Waals surface area (Å²) in [6, 6.07) is 4.81. The molecule has 6 heteroatoms. The molecule has 0 saturated carbocycles. The number of halogens is 2. The first-order chi connectivity index (χ1) is 7.49. The standard InChI is InChI=1S/C10H5Br2NO3/c11-6-2-4-1-5(10(15)16)9(14)13-8(4)3-7(6)12/h1-3H,(H,13,14)(H,15,16). The highest BCUT2D eigenvalue weighted by atomic mass is 79.9. The van der Waals surface area contributed by atoms with Crippen LogP contribution in [0.15, 0.2) is 31.9 Å². The summed E-state index contributed by atoms with van der Waals surface area (Å²) in [5, 5.41) is 9.47. The third-order valence-electron chi connectivity index (χ3n) is 2.12. The molecular formula is C10H5Br2NO3. The predicted octanol–water partition coefficient (Wildman–Crippen LogP) is 2.75. The Kier molecular flexibility index (Phi) is 2.86. The van der Waals surface area contributed by atoms with E-state index in [0.717, 1.165) is 8.95 Å². The van der Waals surface area contributed by atoms with Gasteiger partial charge in [-0.3, -0.25) is 4.79 Å². The Bertz CT molecular complexity index is 648. The van der Waals surface area contributed by atoms with Crippen LogP contribution in [-0.4, -0.2) is 16.1 Å². The number of aromatic amines is 1. The van der Waals surface area contributed by atoms with Gasteiger partial charge in [-0.05, 0) is 50.1 Å². The Hall–Kier alpha value is -1.14. The van der Waals surface area contributed by atoms with Crippen LogP contribution in [0.25, 0.3) is 10.9 Å². The van der Waals surface area contributed by atoms with Crippen molar-refractivity contribution in [2.45, 2.75) is 0 Å². The smallest absolute Gasteiger partial charge is 0.341 e. The Labute approximate surface area is 107 Å². The fourth-order valence-electron chi connectivity index (χ4n) is 1.36. The van der Waals surface area contributed by atoms with Crippen molar-refractivity contribution >= 4 is 48.7 Å². The lowest BCUT2D eigenvalue weighted by molar-refractivity contribution is 0.0695. The van der Waals surface area contributed by atoms with Crippen molar-refractivity contribution in [3.8, 4) is 0 Å². The Morgan fingerprint density at radius 3 is 2.44 bits per heavy atom. The van der Waals surface area contributed by atoms with Crippen molar-refractivity contribution in [1.29, 1.82) is 0 Å². The molecule has 0 aliphatic rings. The first kappa shape index (κ1) is 11.3. The highest BCUT2D eigenvalue weighted by Gasteiger charge is 2.10. The first-order valence-electron chi connectivity index (χ1n) is 4.24. The van der Waals surface area contributed by atoms with Crippen LogP contribution in [-0.2, 0) is 0 Å². The van der Waals surface area contributed by atoms with Crippen molar-refractivity contribution in [1.82, 2.24) is 4.98 Å². The molecule has 2 N–H and O–H groups in total. The largest absolute Gasteiger partial charge is 0.477 e. The minimum Gasteiger partial charge on any atom is -0.477 e. The lowest BCUT2D eigenvalue weighted by Gasteiger charge is -2.02. The number of rotatable bonds is 1. The lowest BCUT2D eigenvalue weighted by Crippen LogP contribution is -2.16. The van der Waals surface area contributed by atoms with Crippen LogP contribution in [0.1, 0.15) is 10.4 Å². The number of aromatic carboxylic acids is 1. The number of carboxylic acids is 1. The quantitative estimate of drug-likeness (QED) is 0.834. The molecule has 1 heterocycles. The molecule has 0 fully saturated rings. The van der Waals surface area contributed by atoms with E-state index in [1.165, 1.54) is 6.07 Å². The van der Waals surface area contributed by atoms with Crippen molar-refractivity contribution in [3.05, 3.63) is 43.1 Å². The Morgan fingerprint density at radius 2 is 1.81 bits per heavy atom. The number of aromatic nitrogens is 1. The zero-order valence-corrected chi connectivity index (χ0v) is 10.9. The molecular weight excluding hydrogens is 342 g/mol. The number of carboxylic acid groups (broad SMARTS) is 1. The maximum Gasteiger partial charge on any atom is 0.341 e. The van der Waals surface area contributed by atoms with Crippen molar-refractivity contribution in [2.75, 3.05) is 0 Å². The molecule has 0 unspecified atom stereocenters. The molecule has 82 valence electrons. The van der Waals surface area contributed by atoms with Gasteiger partial charge in [-0.25, -0.2) is 4.79 Å². The minimum absolute atomic E-state index is 0.262. The fraction of sp³-hybridized carbons (Fsp3) is 0. The van der Waals surface area contributed by atoms with E-state index >= 15 is 0 Å². The summed E-state index contributed by atoms with van der Waals surface area (Å²) in [6.07, 6.45) is 0.